The van der Waals surface area contributed by atoms with Gasteiger partial charge in [0, 0.05) is 32.3 Å². The fourth-order valence-electron chi connectivity index (χ4n) is 6.56. The number of fused-ring (bicyclic) bond motifs is 6. The standard InChI is InChI=1S/C29H22N2.C13H9N/c1-5-16-26-22(10-1)20(23-11-2-6-17-27(23)30-26)14-9-15-21-24-12-3-7-18-28(24)31-29-19-8-4-13-25(21)29;1-3-7-12-10(5-1)9-11-6-2-4-8-13(11)14-12/h1-8,10-13,16-19H,9,14-15H2;1-9H. The van der Waals surface area contributed by atoms with Gasteiger partial charge in [-0.1, -0.05) is 109 Å². The SMILES string of the molecule is c1ccc2c(CCCc3c4ccccc4nc4ccccc34)c3ccccc3nc2c1.c1ccc2nc3ccccc3cc2c1. The summed E-state index contributed by atoms with van der Waals surface area (Å²) in [5.74, 6) is 0. The predicted molar refractivity (Wildman–Crippen MR) is 190 cm³/mol. The molecule has 6 aromatic carbocycles. The first-order chi connectivity index (χ1) is 22.3. The van der Waals surface area contributed by atoms with Crippen LogP contribution in [0.1, 0.15) is 17.5 Å². The van der Waals surface area contributed by atoms with E-state index in [1.807, 2.05) is 36.4 Å². The van der Waals surface area contributed by atoms with Gasteiger partial charge in [0.2, 0.25) is 0 Å². The zero-order chi connectivity index (χ0) is 30.0. The average Bonchev–Trinajstić information content (AvgIpc) is 3.10. The lowest BCUT2D eigenvalue weighted by Gasteiger charge is -2.13. The Morgan fingerprint density at radius 3 is 0.978 bits per heavy atom. The molecule has 45 heavy (non-hydrogen) atoms. The quantitative estimate of drug-likeness (QED) is 0.195. The van der Waals surface area contributed by atoms with E-state index in [0.29, 0.717) is 0 Å². The number of hydrogen-bond acceptors (Lipinski definition) is 3. The molecule has 3 heterocycles. The van der Waals surface area contributed by atoms with Gasteiger partial charge >= 0.3 is 0 Å². The molecular formula is C42H31N3. The second-order valence-electron chi connectivity index (χ2n) is 11.5. The van der Waals surface area contributed by atoms with Crippen LogP contribution in [0.5, 0.6) is 0 Å². The van der Waals surface area contributed by atoms with E-state index in [-0.39, 0.29) is 0 Å². The van der Waals surface area contributed by atoms with Gasteiger partial charge in [0.15, 0.2) is 0 Å². The Balaban J connectivity index is 0.000000178. The molecule has 3 heteroatoms. The summed E-state index contributed by atoms with van der Waals surface area (Å²) in [5.41, 5.74) is 9.25. The van der Waals surface area contributed by atoms with E-state index in [9.17, 15) is 0 Å². The number of aromatic nitrogens is 3. The van der Waals surface area contributed by atoms with Gasteiger partial charge in [-0.3, -0.25) is 0 Å². The molecule has 0 aliphatic carbocycles. The molecule has 9 rings (SSSR count). The number of hydrogen-bond donors (Lipinski definition) is 0. The van der Waals surface area contributed by atoms with Crippen molar-refractivity contribution in [2.45, 2.75) is 19.3 Å². The second kappa shape index (κ2) is 11.8. The minimum Gasteiger partial charge on any atom is -0.248 e. The van der Waals surface area contributed by atoms with Crippen molar-refractivity contribution in [3.05, 3.63) is 163 Å². The van der Waals surface area contributed by atoms with Crippen LogP contribution in [0, 0.1) is 0 Å². The highest BCUT2D eigenvalue weighted by Gasteiger charge is 2.12. The van der Waals surface area contributed by atoms with E-state index in [4.69, 9.17) is 9.97 Å². The van der Waals surface area contributed by atoms with Crippen LogP contribution in [-0.2, 0) is 12.8 Å². The maximum Gasteiger partial charge on any atom is 0.0712 e. The lowest BCUT2D eigenvalue weighted by Crippen LogP contribution is -1.97. The number of aryl methyl sites for hydroxylation is 2. The summed E-state index contributed by atoms with van der Waals surface area (Å²) in [7, 11) is 0. The van der Waals surface area contributed by atoms with Crippen molar-refractivity contribution < 1.29 is 0 Å². The first-order valence-electron chi connectivity index (χ1n) is 15.6. The van der Waals surface area contributed by atoms with Crippen molar-refractivity contribution in [1.82, 2.24) is 15.0 Å². The van der Waals surface area contributed by atoms with Crippen LogP contribution < -0.4 is 0 Å². The molecule has 0 saturated heterocycles. The largest absolute Gasteiger partial charge is 0.248 e. The van der Waals surface area contributed by atoms with E-state index in [1.54, 1.807) is 0 Å². The number of rotatable bonds is 4. The first-order valence-corrected chi connectivity index (χ1v) is 15.6. The van der Waals surface area contributed by atoms with E-state index in [0.717, 1.165) is 52.4 Å². The maximum absolute atomic E-state index is 4.88. The van der Waals surface area contributed by atoms with E-state index in [1.165, 1.54) is 43.4 Å². The van der Waals surface area contributed by atoms with Crippen LogP contribution in [0.3, 0.4) is 0 Å². The van der Waals surface area contributed by atoms with E-state index < -0.39 is 0 Å². The van der Waals surface area contributed by atoms with Gasteiger partial charge in [-0.15, -0.1) is 0 Å². The molecule has 0 N–H and O–H groups in total. The highest BCUT2D eigenvalue weighted by Crippen LogP contribution is 2.30. The normalized spacial score (nSPS) is 11.4. The Hall–Kier alpha value is -5.67. The van der Waals surface area contributed by atoms with Gasteiger partial charge in [0.1, 0.15) is 0 Å². The van der Waals surface area contributed by atoms with Crippen molar-refractivity contribution in [2.24, 2.45) is 0 Å². The molecule has 0 saturated carbocycles. The highest BCUT2D eigenvalue weighted by molar-refractivity contribution is 5.99. The second-order valence-corrected chi connectivity index (χ2v) is 11.5. The van der Waals surface area contributed by atoms with Crippen LogP contribution in [0.2, 0.25) is 0 Å². The Morgan fingerprint density at radius 2 is 0.600 bits per heavy atom. The third kappa shape index (κ3) is 5.23. The van der Waals surface area contributed by atoms with Crippen molar-refractivity contribution in [3.63, 3.8) is 0 Å². The van der Waals surface area contributed by atoms with Crippen LogP contribution in [0.15, 0.2) is 152 Å². The van der Waals surface area contributed by atoms with Gasteiger partial charge < -0.3 is 0 Å². The fraction of sp³-hybridized carbons (Fsp3) is 0.0714. The van der Waals surface area contributed by atoms with Crippen LogP contribution in [0.25, 0.3) is 65.4 Å². The summed E-state index contributed by atoms with van der Waals surface area (Å²) in [4.78, 5) is 14.3. The molecule has 3 nitrogen and oxygen atoms in total. The fourth-order valence-corrected chi connectivity index (χ4v) is 6.56. The summed E-state index contributed by atoms with van der Waals surface area (Å²) >= 11 is 0. The van der Waals surface area contributed by atoms with Crippen molar-refractivity contribution in [1.29, 1.82) is 0 Å². The number of para-hydroxylation sites is 6. The molecule has 0 radical (unpaired) electrons. The molecule has 3 aromatic heterocycles. The zero-order valence-electron chi connectivity index (χ0n) is 24.9. The molecule has 0 bridgehead atoms. The Bertz CT molecular complexity index is 2150. The van der Waals surface area contributed by atoms with Gasteiger partial charge in [-0.05, 0) is 72.9 Å². The Morgan fingerprint density at radius 1 is 0.311 bits per heavy atom. The van der Waals surface area contributed by atoms with Crippen molar-refractivity contribution in [2.75, 3.05) is 0 Å². The molecule has 214 valence electrons. The summed E-state index contributed by atoms with van der Waals surface area (Å²) in [6.07, 6.45) is 3.12. The third-order valence-electron chi connectivity index (χ3n) is 8.68. The summed E-state index contributed by atoms with van der Waals surface area (Å²) < 4.78 is 0. The highest BCUT2D eigenvalue weighted by atomic mass is 14.7. The molecule has 0 atom stereocenters. The van der Waals surface area contributed by atoms with E-state index in [2.05, 4.69) is 120 Å². The lowest BCUT2D eigenvalue weighted by molar-refractivity contribution is 0.837. The zero-order valence-corrected chi connectivity index (χ0v) is 24.9. The summed E-state index contributed by atoms with van der Waals surface area (Å²) in [5, 5.41) is 7.48. The van der Waals surface area contributed by atoms with Crippen molar-refractivity contribution in [3.8, 4) is 0 Å². The van der Waals surface area contributed by atoms with Gasteiger partial charge in [0.25, 0.3) is 0 Å². The molecule has 0 aliphatic rings. The molecule has 0 spiro atoms. The molecule has 0 unspecified atom stereocenters. The van der Waals surface area contributed by atoms with Crippen molar-refractivity contribution >= 4 is 65.4 Å². The van der Waals surface area contributed by atoms with Gasteiger partial charge in [0.05, 0.1) is 33.1 Å². The minimum atomic E-state index is 1.02. The number of pyridine rings is 3. The Kier molecular flexibility index (Phi) is 7.05. The number of benzene rings is 6. The smallest absolute Gasteiger partial charge is 0.0712 e. The van der Waals surface area contributed by atoms with Gasteiger partial charge in [-0.25, -0.2) is 15.0 Å². The van der Waals surface area contributed by atoms with Crippen LogP contribution in [-0.4, -0.2) is 15.0 Å². The van der Waals surface area contributed by atoms with Gasteiger partial charge in [-0.2, -0.15) is 0 Å². The number of nitrogens with zero attached hydrogens (tertiary/aromatic N) is 3. The third-order valence-corrected chi connectivity index (χ3v) is 8.68. The Labute approximate surface area is 261 Å². The maximum atomic E-state index is 4.88. The molecule has 0 aliphatic heterocycles. The van der Waals surface area contributed by atoms with Crippen LogP contribution in [0.4, 0.5) is 0 Å². The lowest BCUT2D eigenvalue weighted by atomic mass is 9.94. The molecule has 0 fully saturated rings. The van der Waals surface area contributed by atoms with Crippen LogP contribution >= 0.6 is 0 Å². The average molecular weight is 578 g/mol. The monoisotopic (exact) mass is 577 g/mol. The topological polar surface area (TPSA) is 38.7 Å². The molecular weight excluding hydrogens is 546 g/mol. The summed E-state index contributed by atoms with van der Waals surface area (Å²) in [6.45, 7) is 0. The predicted octanol–water partition coefficient (Wildman–Crippen LogP) is 10.7. The van der Waals surface area contributed by atoms with E-state index >= 15 is 0 Å². The first kappa shape index (κ1) is 26.9. The minimum absolute atomic E-state index is 1.02. The molecule has 0 amide bonds. The summed E-state index contributed by atoms with van der Waals surface area (Å²) in [6, 6.07) is 52.6. The molecule has 9 aromatic rings.